The maximum Gasteiger partial charge on any atom is 0.325 e. The molecular formula is C28H19N3O6. The van der Waals surface area contributed by atoms with Gasteiger partial charge >= 0.3 is 6.03 Å². The number of furan rings is 1. The minimum absolute atomic E-state index is 0.0730. The van der Waals surface area contributed by atoms with E-state index in [0.717, 1.165) is 10.3 Å². The number of amides is 4. The molecule has 6 rings (SSSR count). The first-order valence-corrected chi connectivity index (χ1v) is 11.5. The molecule has 182 valence electrons. The monoisotopic (exact) mass is 493 g/mol. The van der Waals surface area contributed by atoms with Crippen molar-refractivity contribution < 1.29 is 28.4 Å². The molecule has 0 radical (unpaired) electrons. The van der Waals surface area contributed by atoms with Gasteiger partial charge in [-0.15, -0.1) is 0 Å². The SMILES string of the molecule is CC1(c2cc3ccccc3o2)NC(=O)N(CC(=O)Nc2cccc3c2C(=O)c2ccccc2C3=O)C1=O. The zero-order valence-electron chi connectivity index (χ0n) is 19.5. The number of hydrogen-bond acceptors (Lipinski definition) is 6. The van der Waals surface area contributed by atoms with E-state index in [2.05, 4.69) is 10.6 Å². The molecule has 0 saturated carbocycles. The molecule has 0 bridgehead atoms. The maximum absolute atomic E-state index is 13.3. The highest BCUT2D eigenvalue weighted by atomic mass is 16.3. The number of fused-ring (bicyclic) bond motifs is 3. The van der Waals surface area contributed by atoms with Crippen LogP contribution in [0.4, 0.5) is 10.5 Å². The second-order valence-corrected chi connectivity index (χ2v) is 9.08. The number of ketones is 2. The standard InChI is InChI=1S/C28H19N3O6/c1-28(21-13-15-7-2-5-12-20(15)37-21)26(35)31(27(36)30-28)14-22(32)29-19-11-6-10-18-23(19)25(34)17-9-4-3-8-16(17)24(18)33/h2-13H,14H2,1H3,(H,29,32)(H,30,36). The zero-order chi connectivity index (χ0) is 25.9. The number of imide groups is 1. The van der Waals surface area contributed by atoms with Crippen LogP contribution in [-0.4, -0.2) is 40.9 Å². The van der Waals surface area contributed by atoms with Gasteiger partial charge in [0.1, 0.15) is 17.9 Å². The quantitative estimate of drug-likeness (QED) is 0.369. The second-order valence-electron chi connectivity index (χ2n) is 9.08. The number of carbonyl (C=O) groups is 5. The van der Waals surface area contributed by atoms with E-state index < -0.39 is 35.7 Å². The van der Waals surface area contributed by atoms with Crippen molar-refractivity contribution in [3.63, 3.8) is 0 Å². The van der Waals surface area contributed by atoms with Crippen LogP contribution in [-0.2, 0) is 15.1 Å². The summed E-state index contributed by atoms with van der Waals surface area (Å²) in [5, 5.41) is 5.98. The van der Waals surface area contributed by atoms with Gasteiger partial charge in [0.15, 0.2) is 17.1 Å². The van der Waals surface area contributed by atoms with E-state index in [-0.39, 0.29) is 33.9 Å². The Morgan fingerprint density at radius 3 is 2.32 bits per heavy atom. The molecule has 9 nitrogen and oxygen atoms in total. The highest BCUT2D eigenvalue weighted by Crippen LogP contribution is 2.34. The van der Waals surface area contributed by atoms with Gasteiger partial charge in [-0.25, -0.2) is 4.79 Å². The van der Waals surface area contributed by atoms with Crippen LogP contribution in [0.15, 0.2) is 77.2 Å². The Hall–Kier alpha value is -5.05. The molecule has 1 saturated heterocycles. The summed E-state index contributed by atoms with van der Waals surface area (Å²) in [7, 11) is 0. The lowest BCUT2D eigenvalue weighted by molar-refractivity contribution is -0.134. The van der Waals surface area contributed by atoms with Gasteiger partial charge in [-0.3, -0.25) is 24.1 Å². The van der Waals surface area contributed by atoms with Gasteiger partial charge in [-0.2, -0.15) is 0 Å². The first kappa shape index (κ1) is 22.4. The highest BCUT2D eigenvalue weighted by Gasteiger charge is 2.51. The van der Waals surface area contributed by atoms with E-state index in [9.17, 15) is 24.0 Å². The molecule has 2 N–H and O–H groups in total. The number of urea groups is 1. The topological polar surface area (TPSA) is 126 Å². The summed E-state index contributed by atoms with van der Waals surface area (Å²) in [6.07, 6.45) is 0. The number of rotatable bonds is 4. The number of benzene rings is 3. The number of hydrogen-bond donors (Lipinski definition) is 2. The van der Waals surface area contributed by atoms with Crippen molar-refractivity contribution in [2.75, 3.05) is 11.9 Å². The van der Waals surface area contributed by atoms with Crippen LogP contribution in [0.1, 0.15) is 44.5 Å². The lowest BCUT2D eigenvalue weighted by atomic mass is 9.83. The third kappa shape index (κ3) is 3.35. The molecular weight excluding hydrogens is 474 g/mol. The number of nitrogens with one attached hydrogen (secondary N) is 2. The first-order chi connectivity index (χ1) is 17.8. The Kier molecular flexibility index (Phi) is 4.84. The number of nitrogens with zero attached hydrogens (tertiary/aromatic N) is 1. The van der Waals surface area contributed by atoms with Gasteiger partial charge in [0, 0.05) is 22.1 Å². The summed E-state index contributed by atoms with van der Waals surface area (Å²) < 4.78 is 5.80. The summed E-state index contributed by atoms with van der Waals surface area (Å²) in [6, 6.07) is 19.2. The van der Waals surface area contributed by atoms with Crippen molar-refractivity contribution in [1.29, 1.82) is 0 Å². The van der Waals surface area contributed by atoms with Crippen molar-refractivity contribution in [2.45, 2.75) is 12.5 Å². The minimum atomic E-state index is -1.49. The van der Waals surface area contributed by atoms with Crippen molar-refractivity contribution in [2.24, 2.45) is 0 Å². The Bertz CT molecular complexity index is 1650. The Labute approximate surface area is 210 Å². The molecule has 37 heavy (non-hydrogen) atoms. The van der Waals surface area contributed by atoms with E-state index in [0.29, 0.717) is 11.1 Å². The summed E-state index contributed by atoms with van der Waals surface area (Å²) in [5.41, 5.74) is -0.00838. The predicted molar refractivity (Wildman–Crippen MR) is 132 cm³/mol. The lowest BCUT2D eigenvalue weighted by Crippen LogP contribution is -2.42. The van der Waals surface area contributed by atoms with E-state index in [4.69, 9.17) is 4.42 Å². The van der Waals surface area contributed by atoms with E-state index >= 15 is 0 Å². The molecule has 2 heterocycles. The molecule has 1 aliphatic heterocycles. The fourth-order valence-corrected chi connectivity index (χ4v) is 4.82. The van der Waals surface area contributed by atoms with Crippen molar-refractivity contribution in [1.82, 2.24) is 10.2 Å². The predicted octanol–water partition coefficient (Wildman–Crippen LogP) is 3.61. The van der Waals surface area contributed by atoms with E-state index in [1.54, 1.807) is 48.5 Å². The molecule has 1 unspecified atom stereocenters. The molecule has 4 aromatic rings. The van der Waals surface area contributed by atoms with Gasteiger partial charge in [0.2, 0.25) is 5.91 Å². The van der Waals surface area contributed by atoms with E-state index in [1.165, 1.54) is 19.1 Å². The van der Waals surface area contributed by atoms with Crippen LogP contribution in [0, 0.1) is 0 Å². The fourth-order valence-electron chi connectivity index (χ4n) is 4.82. The summed E-state index contributed by atoms with van der Waals surface area (Å²) in [6.45, 7) is 0.918. The third-order valence-electron chi connectivity index (χ3n) is 6.72. The van der Waals surface area contributed by atoms with Crippen LogP contribution in [0.25, 0.3) is 11.0 Å². The van der Waals surface area contributed by atoms with Gasteiger partial charge in [0.05, 0.1) is 11.3 Å². The Morgan fingerprint density at radius 1 is 0.892 bits per heavy atom. The largest absolute Gasteiger partial charge is 0.458 e. The molecule has 1 fully saturated rings. The molecule has 0 spiro atoms. The lowest BCUT2D eigenvalue weighted by Gasteiger charge is -2.21. The van der Waals surface area contributed by atoms with Crippen LogP contribution in [0.5, 0.6) is 0 Å². The van der Waals surface area contributed by atoms with Gasteiger partial charge in [0.25, 0.3) is 5.91 Å². The Balaban J connectivity index is 1.25. The van der Waals surface area contributed by atoms with Crippen molar-refractivity contribution in [3.05, 3.63) is 101 Å². The fraction of sp³-hybridized carbons (Fsp3) is 0.107. The molecule has 2 aliphatic rings. The molecule has 1 aliphatic carbocycles. The molecule has 3 aromatic carbocycles. The van der Waals surface area contributed by atoms with Gasteiger partial charge in [-0.1, -0.05) is 54.6 Å². The maximum atomic E-state index is 13.3. The van der Waals surface area contributed by atoms with E-state index in [1.807, 2.05) is 12.1 Å². The first-order valence-electron chi connectivity index (χ1n) is 11.5. The summed E-state index contributed by atoms with van der Waals surface area (Å²) in [5.74, 6) is -1.83. The average molecular weight is 493 g/mol. The number of para-hydroxylation sites is 1. The van der Waals surface area contributed by atoms with Crippen LogP contribution < -0.4 is 10.6 Å². The second kappa shape index (κ2) is 7.99. The molecule has 1 atom stereocenters. The van der Waals surface area contributed by atoms with Crippen LogP contribution >= 0.6 is 0 Å². The summed E-state index contributed by atoms with van der Waals surface area (Å²) >= 11 is 0. The smallest absolute Gasteiger partial charge is 0.325 e. The average Bonchev–Trinajstić information content (AvgIpc) is 3.43. The van der Waals surface area contributed by atoms with Crippen LogP contribution in [0.2, 0.25) is 0 Å². The number of carbonyl (C=O) groups excluding carboxylic acids is 5. The number of anilines is 1. The molecule has 9 heteroatoms. The normalized spacial score (nSPS) is 18.6. The van der Waals surface area contributed by atoms with Crippen molar-refractivity contribution in [3.8, 4) is 0 Å². The van der Waals surface area contributed by atoms with Crippen LogP contribution in [0.3, 0.4) is 0 Å². The van der Waals surface area contributed by atoms with Gasteiger partial charge < -0.3 is 15.1 Å². The zero-order valence-corrected chi connectivity index (χ0v) is 19.5. The van der Waals surface area contributed by atoms with Crippen molar-refractivity contribution >= 4 is 46.1 Å². The minimum Gasteiger partial charge on any atom is -0.458 e. The van der Waals surface area contributed by atoms with Gasteiger partial charge in [-0.05, 0) is 25.1 Å². The Morgan fingerprint density at radius 2 is 1.57 bits per heavy atom. The third-order valence-corrected chi connectivity index (χ3v) is 6.72. The highest BCUT2D eigenvalue weighted by molar-refractivity contribution is 6.30. The summed E-state index contributed by atoms with van der Waals surface area (Å²) in [4.78, 5) is 65.9. The molecule has 4 amide bonds. The molecule has 1 aromatic heterocycles.